The normalized spacial score (nSPS) is 23.0. The van der Waals surface area contributed by atoms with Crippen molar-refractivity contribution in [2.75, 3.05) is 18.0 Å². The summed E-state index contributed by atoms with van der Waals surface area (Å²) in [6, 6.07) is 6.27. The first-order chi connectivity index (χ1) is 11.8. The van der Waals surface area contributed by atoms with Gasteiger partial charge in [0.05, 0.1) is 11.8 Å². The molecule has 5 nitrogen and oxygen atoms in total. The summed E-state index contributed by atoms with van der Waals surface area (Å²) in [7, 11) is 0. The Labute approximate surface area is 150 Å². The molecule has 1 fully saturated rings. The van der Waals surface area contributed by atoms with Crippen LogP contribution in [0.1, 0.15) is 51.2 Å². The lowest BCUT2D eigenvalue weighted by Crippen LogP contribution is -2.41. The molecule has 1 aromatic rings. The fourth-order valence-corrected chi connectivity index (χ4v) is 3.65. The van der Waals surface area contributed by atoms with Crippen molar-refractivity contribution < 1.29 is 14.6 Å². The molecule has 1 amide bonds. The Morgan fingerprint density at radius 1 is 1.36 bits per heavy atom. The molecule has 5 heteroatoms. The second kappa shape index (κ2) is 7.34. The van der Waals surface area contributed by atoms with Gasteiger partial charge in [-0.3, -0.25) is 4.90 Å². The highest BCUT2D eigenvalue weighted by molar-refractivity contribution is 5.90. The Kier molecular flexibility index (Phi) is 5.35. The number of benzene rings is 1. The van der Waals surface area contributed by atoms with Gasteiger partial charge in [-0.2, -0.15) is 0 Å². The molecule has 1 aromatic carbocycles. The van der Waals surface area contributed by atoms with Crippen molar-refractivity contribution in [3.63, 3.8) is 0 Å². The lowest BCUT2D eigenvalue weighted by molar-refractivity contribution is 0.0429. The molecule has 1 aliphatic heterocycles. The number of fused-ring (bicyclic) bond motifs is 1. The fourth-order valence-electron chi connectivity index (χ4n) is 3.65. The van der Waals surface area contributed by atoms with Crippen LogP contribution in [-0.4, -0.2) is 36.0 Å². The molecule has 0 radical (unpaired) electrons. The maximum atomic E-state index is 12.7. The Morgan fingerprint density at radius 3 is 2.80 bits per heavy atom. The van der Waals surface area contributed by atoms with Crippen molar-refractivity contribution in [1.29, 1.82) is 0 Å². The van der Waals surface area contributed by atoms with Gasteiger partial charge in [-0.15, -0.1) is 0 Å². The highest BCUT2D eigenvalue weighted by atomic mass is 16.6. The number of carbonyl (C=O) groups is 1. The third-order valence-electron chi connectivity index (χ3n) is 4.87. The number of nitrogens with one attached hydrogen (secondary N) is 1. The minimum Gasteiger partial charge on any atom is -0.443 e. The van der Waals surface area contributed by atoms with E-state index in [2.05, 4.69) is 23.5 Å². The number of aliphatic hydroxyl groups is 1. The number of anilines is 1. The summed E-state index contributed by atoms with van der Waals surface area (Å²) < 4.78 is 5.61. The second-order valence-corrected chi connectivity index (χ2v) is 8.28. The number of carbonyl (C=O) groups excluding carboxylic acids is 1. The van der Waals surface area contributed by atoms with Gasteiger partial charge in [0.2, 0.25) is 0 Å². The largest absolute Gasteiger partial charge is 0.443 e. The van der Waals surface area contributed by atoms with Gasteiger partial charge in [0.25, 0.3) is 0 Å². The van der Waals surface area contributed by atoms with Crippen LogP contribution >= 0.6 is 0 Å². The zero-order valence-electron chi connectivity index (χ0n) is 15.5. The molecule has 138 valence electrons. The molecule has 0 bridgehead atoms. The predicted molar refractivity (Wildman–Crippen MR) is 98.8 cm³/mol. The van der Waals surface area contributed by atoms with E-state index < -0.39 is 5.60 Å². The molecule has 25 heavy (non-hydrogen) atoms. The van der Waals surface area contributed by atoms with Gasteiger partial charge in [-0.05, 0) is 70.0 Å². The first kappa shape index (κ1) is 18.2. The molecule has 0 spiro atoms. The summed E-state index contributed by atoms with van der Waals surface area (Å²) in [6.45, 7) is 8.04. The highest BCUT2D eigenvalue weighted by Crippen LogP contribution is 2.32. The number of aryl methyl sites for hydroxylation is 1. The number of hydrogen-bond donors (Lipinski definition) is 2. The number of rotatable bonds is 4. The van der Waals surface area contributed by atoms with E-state index in [1.165, 1.54) is 5.56 Å². The van der Waals surface area contributed by atoms with Crippen LogP contribution in [0.3, 0.4) is 0 Å². The van der Waals surface area contributed by atoms with E-state index in [0.29, 0.717) is 12.5 Å². The van der Waals surface area contributed by atoms with E-state index in [9.17, 15) is 9.90 Å². The maximum absolute atomic E-state index is 12.7. The third-order valence-corrected chi connectivity index (χ3v) is 4.87. The standard InChI is InChI=1S/C20H30N2O3/c1-20(2,3)25-19(24)22-9-5-8-15-6-4-7-16(18(15)22)13-21-12-14-10-17(23)11-14/h4,6-7,14,17,21,23H,5,8-13H2,1-3H3. The number of nitrogens with zero attached hydrogens (tertiary/aromatic N) is 1. The molecule has 0 aromatic heterocycles. The van der Waals surface area contributed by atoms with Gasteiger partial charge >= 0.3 is 6.09 Å². The van der Waals surface area contributed by atoms with Crippen LogP contribution in [0.25, 0.3) is 0 Å². The van der Waals surface area contributed by atoms with Gasteiger partial charge in [-0.25, -0.2) is 4.79 Å². The van der Waals surface area contributed by atoms with Crippen molar-refractivity contribution in [3.05, 3.63) is 29.3 Å². The first-order valence-corrected chi connectivity index (χ1v) is 9.33. The van der Waals surface area contributed by atoms with E-state index in [4.69, 9.17) is 4.74 Å². The smallest absolute Gasteiger partial charge is 0.414 e. The minimum atomic E-state index is -0.493. The van der Waals surface area contributed by atoms with Crippen molar-refractivity contribution in [2.24, 2.45) is 5.92 Å². The molecular weight excluding hydrogens is 316 g/mol. The van der Waals surface area contributed by atoms with Crippen LogP contribution < -0.4 is 10.2 Å². The van der Waals surface area contributed by atoms with E-state index in [1.807, 2.05) is 20.8 Å². The predicted octanol–water partition coefficient (Wildman–Crippen LogP) is 3.23. The summed E-state index contributed by atoms with van der Waals surface area (Å²) in [5.74, 6) is 0.566. The summed E-state index contributed by atoms with van der Waals surface area (Å²) in [5, 5.41) is 12.9. The van der Waals surface area contributed by atoms with Crippen molar-refractivity contribution in [1.82, 2.24) is 5.32 Å². The summed E-state index contributed by atoms with van der Waals surface area (Å²) in [5.41, 5.74) is 2.88. The monoisotopic (exact) mass is 346 g/mol. The zero-order valence-corrected chi connectivity index (χ0v) is 15.5. The SMILES string of the molecule is CC(C)(C)OC(=O)N1CCCc2cccc(CNCC3CC(O)C3)c21. The number of aliphatic hydroxyl groups excluding tert-OH is 1. The van der Waals surface area contributed by atoms with Crippen LogP contribution in [0, 0.1) is 5.92 Å². The van der Waals surface area contributed by atoms with Crippen LogP contribution in [0.5, 0.6) is 0 Å². The van der Waals surface area contributed by atoms with Crippen molar-refractivity contribution in [2.45, 2.75) is 64.7 Å². The van der Waals surface area contributed by atoms with Crippen LogP contribution in [0.15, 0.2) is 18.2 Å². The van der Waals surface area contributed by atoms with E-state index in [0.717, 1.165) is 50.0 Å². The topological polar surface area (TPSA) is 61.8 Å². The Hall–Kier alpha value is -1.59. The number of hydrogen-bond acceptors (Lipinski definition) is 4. The Bertz CT molecular complexity index is 618. The molecule has 0 unspecified atom stereocenters. The molecule has 1 heterocycles. The molecular formula is C20H30N2O3. The molecule has 0 atom stereocenters. The third kappa shape index (κ3) is 4.53. The summed E-state index contributed by atoms with van der Waals surface area (Å²) >= 11 is 0. The van der Waals surface area contributed by atoms with Gasteiger partial charge in [0, 0.05) is 13.1 Å². The Morgan fingerprint density at radius 2 is 2.12 bits per heavy atom. The fraction of sp³-hybridized carbons (Fsp3) is 0.650. The first-order valence-electron chi connectivity index (χ1n) is 9.33. The van der Waals surface area contributed by atoms with E-state index in [-0.39, 0.29) is 12.2 Å². The minimum absolute atomic E-state index is 0.112. The molecule has 2 N–H and O–H groups in total. The van der Waals surface area contributed by atoms with E-state index >= 15 is 0 Å². The van der Waals surface area contributed by atoms with Gasteiger partial charge in [-0.1, -0.05) is 18.2 Å². The molecule has 2 aliphatic rings. The lowest BCUT2D eigenvalue weighted by atomic mass is 9.82. The van der Waals surface area contributed by atoms with Crippen molar-refractivity contribution >= 4 is 11.8 Å². The molecule has 1 saturated carbocycles. The van der Waals surface area contributed by atoms with E-state index in [1.54, 1.807) is 4.90 Å². The summed E-state index contributed by atoms with van der Waals surface area (Å²) in [4.78, 5) is 14.5. The average molecular weight is 346 g/mol. The van der Waals surface area contributed by atoms with Gasteiger partial charge in [0.1, 0.15) is 5.60 Å². The number of para-hydroxylation sites is 1. The van der Waals surface area contributed by atoms with Gasteiger partial charge in [0.15, 0.2) is 0 Å². The molecule has 3 rings (SSSR count). The van der Waals surface area contributed by atoms with Crippen LogP contribution in [-0.2, 0) is 17.7 Å². The maximum Gasteiger partial charge on any atom is 0.414 e. The van der Waals surface area contributed by atoms with Gasteiger partial charge < -0.3 is 15.2 Å². The quantitative estimate of drug-likeness (QED) is 0.879. The lowest BCUT2D eigenvalue weighted by Gasteiger charge is -2.34. The number of ether oxygens (including phenoxy) is 1. The van der Waals surface area contributed by atoms with Crippen molar-refractivity contribution in [3.8, 4) is 0 Å². The summed E-state index contributed by atoms with van der Waals surface area (Å²) in [6.07, 6.45) is 3.37. The molecule has 1 aliphatic carbocycles. The zero-order chi connectivity index (χ0) is 18.0. The second-order valence-electron chi connectivity index (χ2n) is 8.28. The van der Waals surface area contributed by atoms with Crippen LogP contribution in [0.4, 0.5) is 10.5 Å². The Balaban J connectivity index is 1.71. The molecule has 0 saturated heterocycles. The van der Waals surface area contributed by atoms with Crippen LogP contribution in [0.2, 0.25) is 0 Å². The highest BCUT2D eigenvalue weighted by Gasteiger charge is 2.30. The average Bonchev–Trinajstić information content (AvgIpc) is 2.51. The number of amides is 1.